The number of amides is 1. The van der Waals surface area contributed by atoms with Crippen LogP contribution in [0.5, 0.6) is 0 Å². The van der Waals surface area contributed by atoms with Gasteiger partial charge in [0.1, 0.15) is 0 Å². The molecule has 3 aliphatic rings. The molecule has 5 rings (SSSR count). The lowest BCUT2D eigenvalue weighted by Gasteiger charge is -2.35. The van der Waals surface area contributed by atoms with Crippen molar-refractivity contribution in [2.24, 2.45) is 7.05 Å². The summed E-state index contributed by atoms with van der Waals surface area (Å²) in [5.41, 5.74) is 3.69. The van der Waals surface area contributed by atoms with Crippen molar-refractivity contribution < 1.29 is 13.2 Å². The van der Waals surface area contributed by atoms with Crippen LogP contribution in [0.15, 0.2) is 41.4 Å². The fourth-order valence-corrected chi connectivity index (χ4v) is 6.95. The monoisotopic (exact) mass is 456 g/mol. The Morgan fingerprint density at radius 2 is 1.78 bits per heavy atom. The molecule has 0 spiro atoms. The zero-order valence-electron chi connectivity index (χ0n) is 18.7. The lowest BCUT2D eigenvalue weighted by Crippen LogP contribution is -2.52. The molecular formula is C24H32N4O3S. The number of likely N-dealkylation sites (tertiary alicyclic amines) is 1. The average Bonchev–Trinajstić information content (AvgIpc) is 3.54. The van der Waals surface area contributed by atoms with E-state index in [9.17, 15) is 13.2 Å². The molecule has 1 amide bonds. The zero-order valence-corrected chi connectivity index (χ0v) is 19.6. The third-order valence-corrected chi connectivity index (χ3v) is 9.22. The lowest BCUT2D eigenvalue weighted by atomic mass is 10.1. The molecule has 32 heavy (non-hydrogen) atoms. The summed E-state index contributed by atoms with van der Waals surface area (Å²) in [6.07, 6.45) is 7.31. The molecule has 2 aliphatic heterocycles. The summed E-state index contributed by atoms with van der Waals surface area (Å²) in [6.45, 7) is 2.93. The van der Waals surface area contributed by atoms with E-state index in [2.05, 4.69) is 15.5 Å². The highest BCUT2D eigenvalue weighted by molar-refractivity contribution is 7.89. The van der Waals surface area contributed by atoms with Gasteiger partial charge in [0.05, 0.1) is 17.5 Å². The first kappa shape index (κ1) is 21.7. The smallest absolute Gasteiger partial charge is 0.243 e. The topological polar surface area (TPSA) is 65.9 Å². The molecule has 0 bridgehead atoms. The number of fused-ring (bicyclic) bond motifs is 1. The molecule has 0 N–H and O–H groups in total. The van der Waals surface area contributed by atoms with Crippen molar-refractivity contribution in [2.75, 3.05) is 39.3 Å². The molecule has 1 aliphatic carbocycles. The Hall–Kier alpha value is -2.16. The van der Waals surface area contributed by atoms with Crippen molar-refractivity contribution in [3.05, 3.63) is 53.3 Å². The molecule has 1 aromatic heterocycles. The van der Waals surface area contributed by atoms with Crippen LogP contribution in [0.4, 0.5) is 0 Å². The maximum absolute atomic E-state index is 13.2. The van der Waals surface area contributed by atoms with Crippen LogP contribution < -0.4 is 0 Å². The van der Waals surface area contributed by atoms with Crippen molar-refractivity contribution in [1.82, 2.24) is 18.7 Å². The van der Waals surface area contributed by atoms with Gasteiger partial charge in [-0.2, -0.15) is 4.31 Å². The van der Waals surface area contributed by atoms with Gasteiger partial charge in [-0.15, -0.1) is 0 Å². The highest BCUT2D eigenvalue weighted by atomic mass is 32.2. The van der Waals surface area contributed by atoms with Gasteiger partial charge in [-0.25, -0.2) is 8.42 Å². The lowest BCUT2D eigenvalue weighted by molar-refractivity contribution is -0.133. The Balaban J connectivity index is 1.20. The van der Waals surface area contributed by atoms with Crippen LogP contribution in [0.1, 0.15) is 42.1 Å². The standard InChI is InChI=1S/C24H32N4O3S/c1-25-11-3-7-22(25)23-8-4-12-27(23)18-24(29)26-13-15-28(16-14-26)32(30,31)21-10-9-19-5-2-6-20(19)17-21/h3,7,9-11,17,23H,2,4-6,8,12-16,18H2,1H3/t23-/m0/s1. The van der Waals surface area contributed by atoms with Gasteiger partial charge in [-0.05, 0) is 74.0 Å². The van der Waals surface area contributed by atoms with Crippen molar-refractivity contribution in [3.63, 3.8) is 0 Å². The minimum Gasteiger partial charge on any atom is -0.353 e. The van der Waals surface area contributed by atoms with E-state index in [-0.39, 0.29) is 11.9 Å². The number of sulfonamides is 1. The maximum Gasteiger partial charge on any atom is 0.243 e. The molecule has 0 unspecified atom stereocenters. The van der Waals surface area contributed by atoms with Crippen LogP contribution in [0, 0.1) is 0 Å². The number of carbonyl (C=O) groups excluding carboxylic acids is 1. The molecule has 1 atom stereocenters. The van der Waals surface area contributed by atoms with Gasteiger partial charge in [0.15, 0.2) is 0 Å². The van der Waals surface area contributed by atoms with Crippen molar-refractivity contribution >= 4 is 15.9 Å². The second-order valence-corrected chi connectivity index (χ2v) is 11.2. The number of rotatable bonds is 5. The predicted octanol–water partition coefficient (Wildman–Crippen LogP) is 2.18. The first-order chi connectivity index (χ1) is 15.4. The Morgan fingerprint density at radius 1 is 1.00 bits per heavy atom. The third kappa shape index (κ3) is 4.00. The second-order valence-electron chi connectivity index (χ2n) is 9.24. The number of hydrogen-bond acceptors (Lipinski definition) is 4. The summed E-state index contributed by atoms with van der Waals surface area (Å²) < 4.78 is 30.0. The van der Waals surface area contributed by atoms with Crippen LogP contribution in [-0.4, -0.2) is 72.3 Å². The minimum absolute atomic E-state index is 0.0979. The van der Waals surface area contributed by atoms with E-state index in [1.807, 2.05) is 36.3 Å². The molecule has 1 aromatic carbocycles. The first-order valence-electron chi connectivity index (χ1n) is 11.7. The van der Waals surface area contributed by atoms with E-state index in [4.69, 9.17) is 0 Å². The first-order valence-corrected chi connectivity index (χ1v) is 13.1. The van der Waals surface area contributed by atoms with E-state index in [1.54, 1.807) is 6.07 Å². The number of hydrogen-bond donors (Lipinski definition) is 0. The predicted molar refractivity (Wildman–Crippen MR) is 123 cm³/mol. The summed E-state index contributed by atoms with van der Waals surface area (Å²) in [5, 5.41) is 0. The SMILES string of the molecule is Cn1cccc1[C@@H]1CCCN1CC(=O)N1CCN(S(=O)(=O)c2ccc3c(c2)CCC3)CC1. The summed E-state index contributed by atoms with van der Waals surface area (Å²) >= 11 is 0. The van der Waals surface area contributed by atoms with Crippen LogP contribution in [0.3, 0.4) is 0 Å². The average molecular weight is 457 g/mol. The molecular weight excluding hydrogens is 424 g/mol. The molecule has 0 saturated carbocycles. The Labute approximate surface area is 190 Å². The molecule has 2 saturated heterocycles. The third-order valence-electron chi connectivity index (χ3n) is 7.33. The van der Waals surface area contributed by atoms with E-state index < -0.39 is 10.0 Å². The highest BCUT2D eigenvalue weighted by Gasteiger charge is 2.33. The summed E-state index contributed by atoms with van der Waals surface area (Å²) in [7, 11) is -1.47. The van der Waals surface area contributed by atoms with Crippen molar-refractivity contribution in [2.45, 2.75) is 43.0 Å². The largest absolute Gasteiger partial charge is 0.353 e. The van der Waals surface area contributed by atoms with Gasteiger partial charge >= 0.3 is 0 Å². The Kier molecular flexibility index (Phi) is 5.86. The van der Waals surface area contributed by atoms with Gasteiger partial charge in [0.2, 0.25) is 15.9 Å². The number of piperazine rings is 1. The quantitative estimate of drug-likeness (QED) is 0.692. The zero-order chi connectivity index (χ0) is 22.3. The fourth-order valence-electron chi connectivity index (χ4n) is 5.48. The van der Waals surface area contributed by atoms with Gasteiger partial charge in [0, 0.05) is 45.1 Å². The van der Waals surface area contributed by atoms with Gasteiger partial charge in [0.25, 0.3) is 0 Å². The molecule has 0 radical (unpaired) electrons. The second kappa shape index (κ2) is 8.65. The van der Waals surface area contributed by atoms with Gasteiger partial charge in [-0.1, -0.05) is 6.07 Å². The van der Waals surface area contributed by atoms with Crippen LogP contribution >= 0.6 is 0 Å². The minimum atomic E-state index is -3.52. The van der Waals surface area contributed by atoms with E-state index >= 15 is 0 Å². The van der Waals surface area contributed by atoms with E-state index in [0.29, 0.717) is 37.6 Å². The molecule has 172 valence electrons. The highest BCUT2D eigenvalue weighted by Crippen LogP contribution is 2.32. The Bertz CT molecular complexity index is 1100. The number of aryl methyl sites for hydroxylation is 3. The number of benzene rings is 1. The summed E-state index contributed by atoms with van der Waals surface area (Å²) in [5.74, 6) is 0.0979. The van der Waals surface area contributed by atoms with E-state index in [0.717, 1.165) is 38.6 Å². The Morgan fingerprint density at radius 3 is 2.53 bits per heavy atom. The van der Waals surface area contributed by atoms with Gasteiger partial charge < -0.3 is 9.47 Å². The van der Waals surface area contributed by atoms with Crippen LogP contribution in [0.2, 0.25) is 0 Å². The molecule has 8 heteroatoms. The molecule has 3 heterocycles. The van der Waals surface area contributed by atoms with Crippen molar-refractivity contribution in [3.8, 4) is 0 Å². The normalized spacial score (nSPS) is 22.4. The number of nitrogens with zero attached hydrogens (tertiary/aromatic N) is 4. The molecule has 7 nitrogen and oxygen atoms in total. The summed E-state index contributed by atoms with van der Waals surface area (Å²) in [4.78, 5) is 17.5. The van der Waals surface area contributed by atoms with Crippen LogP contribution in [0.25, 0.3) is 0 Å². The number of carbonyl (C=O) groups is 1. The molecule has 2 fully saturated rings. The van der Waals surface area contributed by atoms with E-state index in [1.165, 1.54) is 21.1 Å². The number of aromatic nitrogens is 1. The van der Waals surface area contributed by atoms with Crippen LogP contribution in [-0.2, 0) is 34.7 Å². The molecule has 2 aromatic rings. The summed E-state index contributed by atoms with van der Waals surface area (Å²) in [6, 6.07) is 10.0. The van der Waals surface area contributed by atoms with Gasteiger partial charge in [-0.3, -0.25) is 9.69 Å². The maximum atomic E-state index is 13.2. The fraction of sp³-hybridized carbons (Fsp3) is 0.542. The van der Waals surface area contributed by atoms with Crippen molar-refractivity contribution in [1.29, 1.82) is 0 Å².